The van der Waals surface area contributed by atoms with Crippen LogP contribution in [0.3, 0.4) is 0 Å². The Morgan fingerprint density at radius 3 is 2.54 bits per heavy atom. The first-order valence-corrected chi connectivity index (χ1v) is 9.41. The normalized spacial score (nSPS) is 22.3. The minimum atomic E-state index is -0.141. The van der Waals surface area contributed by atoms with Crippen LogP contribution in [0.4, 0.5) is 11.4 Å². The summed E-state index contributed by atoms with van der Waals surface area (Å²) in [5.41, 5.74) is 3.62. The molecule has 0 bridgehead atoms. The van der Waals surface area contributed by atoms with E-state index in [1.54, 1.807) is 12.1 Å². The second-order valence-corrected chi connectivity index (χ2v) is 7.75. The van der Waals surface area contributed by atoms with E-state index in [0.717, 1.165) is 23.2 Å². The summed E-state index contributed by atoms with van der Waals surface area (Å²) in [7, 11) is 0. The van der Waals surface area contributed by atoms with Crippen LogP contribution in [0.15, 0.2) is 36.4 Å². The van der Waals surface area contributed by atoms with Gasteiger partial charge >= 0.3 is 0 Å². The van der Waals surface area contributed by atoms with Gasteiger partial charge in [-0.05, 0) is 48.7 Å². The first kappa shape index (κ1) is 17.4. The number of anilines is 2. The highest BCUT2D eigenvalue weighted by atomic mass is 35.5. The molecule has 1 saturated heterocycles. The van der Waals surface area contributed by atoms with E-state index in [1.165, 1.54) is 4.90 Å². The summed E-state index contributed by atoms with van der Waals surface area (Å²) in [5, 5.41) is 4.63. The monoisotopic (exact) mass is 388 g/mol. The van der Waals surface area contributed by atoms with Gasteiger partial charge in [-0.2, -0.15) is 0 Å². The van der Waals surface area contributed by atoms with Crippen LogP contribution in [0, 0.1) is 0 Å². The third-order valence-electron chi connectivity index (χ3n) is 5.02. The highest BCUT2D eigenvalue weighted by molar-refractivity contribution is 6.36. The Kier molecular flexibility index (Phi) is 4.41. The maximum absolute atomic E-state index is 12.1. The van der Waals surface area contributed by atoms with Gasteiger partial charge in [0.05, 0.1) is 16.4 Å². The largest absolute Gasteiger partial charge is 0.381 e. The Hall–Kier alpha value is -2.04. The van der Waals surface area contributed by atoms with Gasteiger partial charge in [0.2, 0.25) is 11.8 Å². The SMILES string of the molecule is C[C@H]1C[C@@H](c2cccc(N3C(=O)CCC3=O)c2)c2cc(Cl)cc(Cl)c2N1. The zero-order valence-corrected chi connectivity index (χ0v) is 15.8. The molecule has 4 rings (SSSR count). The van der Waals surface area contributed by atoms with Gasteiger partial charge in [-0.25, -0.2) is 0 Å². The number of halogens is 2. The molecule has 0 saturated carbocycles. The zero-order valence-electron chi connectivity index (χ0n) is 14.3. The fourth-order valence-electron chi connectivity index (χ4n) is 3.87. The average molecular weight is 389 g/mol. The maximum Gasteiger partial charge on any atom is 0.234 e. The molecule has 0 unspecified atom stereocenters. The molecule has 0 spiro atoms. The molecular weight excluding hydrogens is 371 g/mol. The molecule has 4 nitrogen and oxygen atoms in total. The number of imide groups is 1. The minimum Gasteiger partial charge on any atom is -0.381 e. The highest BCUT2D eigenvalue weighted by Crippen LogP contribution is 2.44. The molecular formula is C20H18Cl2N2O2. The molecule has 2 aliphatic heterocycles. The predicted molar refractivity (Wildman–Crippen MR) is 104 cm³/mol. The van der Waals surface area contributed by atoms with Crippen LogP contribution in [-0.2, 0) is 9.59 Å². The number of carbonyl (C=O) groups is 2. The molecule has 6 heteroatoms. The summed E-state index contributed by atoms with van der Waals surface area (Å²) >= 11 is 12.6. The van der Waals surface area contributed by atoms with Crippen LogP contribution in [0.5, 0.6) is 0 Å². The fourth-order valence-corrected chi connectivity index (χ4v) is 4.43. The van der Waals surface area contributed by atoms with Crippen molar-refractivity contribution in [1.82, 2.24) is 0 Å². The quantitative estimate of drug-likeness (QED) is 0.737. The van der Waals surface area contributed by atoms with E-state index in [0.29, 0.717) is 15.7 Å². The summed E-state index contributed by atoms with van der Waals surface area (Å²) < 4.78 is 0. The molecule has 1 N–H and O–H groups in total. The second kappa shape index (κ2) is 6.60. The number of nitrogens with one attached hydrogen (secondary N) is 1. The summed E-state index contributed by atoms with van der Waals surface area (Å²) in [4.78, 5) is 25.4. The van der Waals surface area contributed by atoms with E-state index in [9.17, 15) is 9.59 Å². The van der Waals surface area contributed by atoms with E-state index in [4.69, 9.17) is 23.2 Å². The van der Waals surface area contributed by atoms with Crippen molar-refractivity contribution in [2.45, 2.75) is 38.1 Å². The number of hydrogen-bond donors (Lipinski definition) is 1. The fraction of sp³-hybridized carbons (Fsp3) is 0.300. The van der Waals surface area contributed by atoms with E-state index in [1.807, 2.05) is 24.3 Å². The van der Waals surface area contributed by atoms with Gasteiger partial charge in [0.25, 0.3) is 0 Å². The Balaban J connectivity index is 1.78. The van der Waals surface area contributed by atoms with Crippen LogP contribution in [0.1, 0.15) is 43.2 Å². The molecule has 134 valence electrons. The van der Waals surface area contributed by atoms with Gasteiger partial charge in [-0.1, -0.05) is 35.3 Å². The Morgan fingerprint density at radius 2 is 1.81 bits per heavy atom. The molecule has 2 atom stereocenters. The smallest absolute Gasteiger partial charge is 0.234 e. The molecule has 26 heavy (non-hydrogen) atoms. The van der Waals surface area contributed by atoms with Crippen molar-refractivity contribution in [3.63, 3.8) is 0 Å². The summed E-state index contributed by atoms with van der Waals surface area (Å²) in [6.07, 6.45) is 1.43. The van der Waals surface area contributed by atoms with Crippen LogP contribution in [0.25, 0.3) is 0 Å². The average Bonchev–Trinajstić information content (AvgIpc) is 2.94. The van der Waals surface area contributed by atoms with E-state index >= 15 is 0 Å². The Labute approximate surface area is 162 Å². The molecule has 2 aromatic rings. The van der Waals surface area contributed by atoms with Crippen LogP contribution in [0.2, 0.25) is 10.0 Å². The van der Waals surface area contributed by atoms with Gasteiger partial charge < -0.3 is 5.32 Å². The lowest BCUT2D eigenvalue weighted by molar-refractivity contribution is -0.121. The maximum atomic E-state index is 12.1. The Bertz CT molecular complexity index is 897. The van der Waals surface area contributed by atoms with Crippen molar-refractivity contribution in [2.24, 2.45) is 0 Å². The molecule has 1 fully saturated rings. The van der Waals surface area contributed by atoms with Gasteiger partial charge in [0.1, 0.15) is 0 Å². The lowest BCUT2D eigenvalue weighted by Gasteiger charge is -2.33. The molecule has 0 radical (unpaired) electrons. The Morgan fingerprint density at radius 1 is 1.08 bits per heavy atom. The van der Waals surface area contributed by atoms with E-state index in [2.05, 4.69) is 12.2 Å². The van der Waals surface area contributed by atoms with E-state index in [-0.39, 0.29) is 36.6 Å². The van der Waals surface area contributed by atoms with Crippen molar-refractivity contribution >= 4 is 46.4 Å². The molecule has 2 aromatic carbocycles. The van der Waals surface area contributed by atoms with Gasteiger partial charge in [-0.3, -0.25) is 14.5 Å². The number of rotatable bonds is 2. The summed E-state index contributed by atoms with van der Waals surface area (Å²) in [6.45, 7) is 2.11. The third-order valence-corrected chi connectivity index (χ3v) is 5.54. The minimum absolute atomic E-state index is 0.0882. The standard InChI is InChI=1S/C20H18Cl2N2O2/c1-11-7-15(16-9-13(21)10-17(22)20(16)23-11)12-3-2-4-14(8-12)24-18(25)5-6-19(24)26/h2-4,8-11,15,23H,5-7H2,1H3/t11-,15-/m0/s1. The van der Waals surface area contributed by atoms with Crippen LogP contribution >= 0.6 is 23.2 Å². The second-order valence-electron chi connectivity index (χ2n) is 6.90. The van der Waals surface area contributed by atoms with Crippen molar-refractivity contribution in [3.8, 4) is 0 Å². The molecule has 2 amide bonds. The molecule has 0 aliphatic carbocycles. The zero-order chi connectivity index (χ0) is 18.4. The molecule has 2 aliphatic rings. The number of benzene rings is 2. The number of nitrogens with zero attached hydrogens (tertiary/aromatic N) is 1. The lowest BCUT2D eigenvalue weighted by atomic mass is 9.82. The predicted octanol–water partition coefficient (Wildman–Crippen LogP) is 4.98. The van der Waals surface area contributed by atoms with Crippen LogP contribution in [-0.4, -0.2) is 17.9 Å². The number of fused-ring (bicyclic) bond motifs is 1. The number of hydrogen-bond acceptors (Lipinski definition) is 3. The van der Waals surface area contributed by atoms with Crippen molar-refractivity contribution in [3.05, 3.63) is 57.6 Å². The summed E-state index contributed by atoms with van der Waals surface area (Å²) in [5.74, 6) is -0.195. The van der Waals surface area contributed by atoms with Crippen LogP contribution < -0.4 is 10.2 Å². The molecule has 0 aromatic heterocycles. The highest BCUT2D eigenvalue weighted by Gasteiger charge is 2.32. The lowest BCUT2D eigenvalue weighted by Crippen LogP contribution is -2.29. The van der Waals surface area contributed by atoms with Gasteiger partial charge in [0, 0.05) is 29.8 Å². The van der Waals surface area contributed by atoms with Gasteiger partial charge in [-0.15, -0.1) is 0 Å². The number of carbonyl (C=O) groups excluding carboxylic acids is 2. The first-order valence-electron chi connectivity index (χ1n) is 8.65. The number of amides is 2. The van der Waals surface area contributed by atoms with Crippen molar-refractivity contribution < 1.29 is 9.59 Å². The topological polar surface area (TPSA) is 49.4 Å². The van der Waals surface area contributed by atoms with Crippen molar-refractivity contribution in [2.75, 3.05) is 10.2 Å². The first-order chi connectivity index (χ1) is 12.4. The van der Waals surface area contributed by atoms with Crippen molar-refractivity contribution in [1.29, 1.82) is 0 Å². The molecule has 2 heterocycles. The van der Waals surface area contributed by atoms with Gasteiger partial charge in [0.15, 0.2) is 0 Å². The third kappa shape index (κ3) is 2.97. The summed E-state index contributed by atoms with van der Waals surface area (Å²) in [6, 6.07) is 11.6. The van der Waals surface area contributed by atoms with E-state index < -0.39 is 0 Å².